The van der Waals surface area contributed by atoms with Crippen molar-refractivity contribution in [2.45, 2.75) is 19.3 Å². The van der Waals surface area contributed by atoms with Crippen molar-refractivity contribution in [3.8, 4) is 28.7 Å². The van der Waals surface area contributed by atoms with Crippen LogP contribution >= 0.6 is 11.6 Å². The fraction of sp³-hybridized carbons (Fsp3) is 0.208. The van der Waals surface area contributed by atoms with Gasteiger partial charge in [-0.1, -0.05) is 29.8 Å². The zero-order valence-electron chi connectivity index (χ0n) is 18.7. The number of benzene rings is 2. The first-order chi connectivity index (χ1) is 16.5. The topological polar surface area (TPSA) is 104 Å². The molecular weight excluding hydrogens is 456 g/mol. The molecule has 10 heteroatoms. The molecule has 34 heavy (non-hydrogen) atoms. The third-order valence-electron chi connectivity index (χ3n) is 5.80. The number of fused-ring (bicyclic) bond motifs is 1. The number of ether oxygens (including phenoxy) is 2. The molecule has 2 aromatic carbocycles. The van der Waals surface area contributed by atoms with Crippen molar-refractivity contribution in [1.29, 1.82) is 0 Å². The van der Waals surface area contributed by atoms with Crippen molar-refractivity contribution >= 4 is 23.3 Å². The van der Waals surface area contributed by atoms with Crippen LogP contribution in [0.25, 0.3) is 17.2 Å². The second-order valence-electron chi connectivity index (χ2n) is 7.82. The van der Waals surface area contributed by atoms with Gasteiger partial charge in [0.25, 0.3) is 5.95 Å². The minimum absolute atomic E-state index is 0.140. The standard InChI is InChI=1S/C24H21ClN6O3/c1-13-22-18(17-9-8-16(33-2)10-20(17)34-3)11-21(32)28-23(22)31(30-13)24-27-19(12-26-29-24)14-4-6-15(25)7-5-14/h4-10,12,18H,11H2,1-3H3,(H,28,32)/t18-/m1/s1. The van der Waals surface area contributed by atoms with E-state index in [2.05, 4.69) is 25.6 Å². The molecule has 1 aliphatic rings. The third kappa shape index (κ3) is 3.84. The van der Waals surface area contributed by atoms with Crippen molar-refractivity contribution in [2.24, 2.45) is 0 Å². The molecule has 0 spiro atoms. The van der Waals surface area contributed by atoms with Crippen molar-refractivity contribution in [1.82, 2.24) is 25.0 Å². The summed E-state index contributed by atoms with van der Waals surface area (Å²) in [6.07, 6.45) is 1.82. The average Bonchev–Trinajstić information content (AvgIpc) is 3.19. The minimum atomic E-state index is -0.259. The minimum Gasteiger partial charge on any atom is -0.497 e. The van der Waals surface area contributed by atoms with E-state index in [4.69, 9.17) is 21.1 Å². The second-order valence-corrected chi connectivity index (χ2v) is 8.26. The molecule has 3 heterocycles. The zero-order chi connectivity index (χ0) is 23.8. The SMILES string of the molecule is COc1ccc([C@H]2CC(=O)Nc3c2c(C)nn3-c2nncc(-c3ccc(Cl)cc3)n2)c(OC)c1. The number of carbonyl (C=O) groups excluding carboxylic acids is 1. The van der Waals surface area contributed by atoms with Crippen LogP contribution in [0.3, 0.4) is 0 Å². The van der Waals surface area contributed by atoms with E-state index >= 15 is 0 Å². The number of aryl methyl sites for hydroxylation is 1. The van der Waals surface area contributed by atoms with Crippen LogP contribution in [0.5, 0.6) is 11.5 Å². The molecule has 0 aliphatic carbocycles. The van der Waals surface area contributed by atoms with Crippen LogP contribution in [-0.2, 0) is 4.79 Å². The summed E-state index contributed by atoms with van der Waals surface area (Å²) in [6, 6.07) is 12.9. The van der Waals surface area contributed by atoms with Gasteiger partial charge in [0.1, 0.15) is 17.3 Å². The molecule has 0 unspecified atom stereocenters. The Bertz CT molecular complexity index is 1390. The quantitative estimate of drug-likeness (QED) is 0.460. The Labute approximate surface area is 200 Å². The molecule has 0 radical (unpaired) electrons. The van der Waals surface area contributed by atoms with Crippen LogP contribution in [-0.4, -0.2) is 45.1 Å². The first-order valence-corrected chi connectivity index (χ1v) is 10.9. The number of hydrogen-bond donors (Lipinski definition) is 1. The summed E-state index contributed by atoms with van der Waals surface area (Å²) in [7, 11) is 3.20. The summed E-state index contributed by atoms with van der Waals surface area (Å²) in [5.41, 5.74) is 3.94. The number of anilines is 1. The van der Waals surface area contributed by atoms with Crippen LogP contribution in [0.15, 0.2) is 48.7 Å². The molecule has 1 aliphatic heterocycles. The van der Waals surface area contributed by atoms with Gasteiger partial charge in [-0.2, -0.15) is 14.9 Å². The lowest BCUT2D eigenvalue weighted by atomic mass is 9.85. The van der Waals surface area contributed by atoms with Crippen molar-refractivity contribution in [3.63, 3.8) is 0 Å². The van der Waals surface area contributed by atoms with Crippen molar-refractivity contribution in [2.75, 3.05) is 19.5 Å². The summed E-state index contributed by atoms with van der Waals surface area (Å²) in [5, 5.41) is 16.5. The van der Waals surface area contributed by atoms with Crippen LogP contribution in [0.4, 0.5) is 5.82 Å². The Hall–Kier alpha value is -3.98. The molecule has 1 amide bonds. The van der Waals surface area contributed by atoms with Gasteiger partial charge in [0.2, 0.25) is 5.91 Å². The van der Waals surface area contributed by atoms with E-state index in [0.29, 0.717) is 28.0 Å². The number of nitrogens with zero attached hydrogens (tertiary/aromatic N) is 5. The Morgan fingerprint density at radius 3 is 2.65 bits per heavy atom. The Balaban J connectivity index is 1.61. The van der Waals surface area contributed by atoms with Gasteiger partial charge in [0.05, 0.1) is 31.8 Å². The summed E-state index contributed by atoms with van der Waals surface area (Å²) in [6.45, 7) is 1.90. The molecule has 4 aromatic rings. The summed E-state index contributed by atoms with van der Waals surface area (Å²) < 4.78 is 12.5. The highest BCUT2D eigenvalue weighted by molar-refractivity contribution is 6.30. The van der Waals surface area contributed by atoms with Crippen LogP contribution in [0.1, 0.15) is 29.2 Å². The van der Waals surface area contributed by atoms with E-state index in [1.54, 1.807) is 32.5 Å². The van der Waals surface area contributed by atoms with E-state index < -0.39 is 0 Å². The number of aromatic nitrogens is 5. The lowest BCUT2D eigenvalue weighted by Gasteiger charge is -2.25. The van der Waals surface area contributed by atoms with Gasteiger partial charge in [0.15, 0.2) is 0 Å². The molecular formula is C24H21ClN6O3. The maximum atomic E-state index is 12.8. The van der Waals surface area contributed by atoms with Gasteiger partial charge in [-0.25, -0.2) is 4.98 Å². The average molecular weight is 477 g/mol. The number of halogens is 1. The van der Waals surface area contributed by atoms with E-state index in [0.717, 1.165) is 22.4 Å². The highest BCUT2D eigenvalue weighted by Crippen LogP contribution is 2.43. The molecule has 9 nitrogen and oxygen atoms in total. The summed E-state index contributed by atoms with van der Waals surface area (Å²) >= 11 is 6.01. The summed E-state index contributed by atoms with van der Waals surface area (Å²) in [4.78, 5) is 17.4. The summed E-state index contributed by atoms with van der Waals surface area (Å²) in [5.74, 6) is 1.68. The highest BCUT2D eigenvalue weighted by Gasteiger charge is 2.35. The van der Waals surface area contributed by atoms with E-state index in [1.165, 1.54) is 4.68 Å². The molecule has 1 N–H and O–H groups in total. The van der Waals surface area contributed by atoms with Crippen LogP contribution in [0.2, 0.25) is 5.02 Å². The van der Waals surface area contributed by atoms with E-state index in [9.17, 15) is 4.79 Å². The zero-order valence-corrected chi connectivity index (χ0v) is 19.5. The fourth-order valence-electron chi connectivity index (χ4n) is 4.21. The number of hydrogen-bond acceptors (Lipinski definition) is 7. The van der Waals surface area contributed by atoms with Gasteiger partial charge < -0.3 is 14.8 Å². The number of amides is 1. The number of methoxy groups -OCH3 is 2. The number of carbonyl (C=O) groups is 1. The van der Waals surface area contributed by atoms with Crippen LogP contribution < -0.4 is 14.8 Å². The molecule has 172 valence electrons. The monoisotopic (exact) mass is 476 g/mol. The van der Waals surface area contributed by atoms with Gasteiger partial charge in [-0.05, 0) is 25.1 Å². The first-order valence-electron chi connectivity index (χ1n) is 10.6. The predicted octanol–water partition coefficient (Wildman–Crippen LogP) is 4.18. The second kappa shape index (κ2) is 8.75. The van der Waals surface area contributed by atoms with Crippen molar-refractivity contribution in [3.05, 3.63) is 70.5 Å². The number of nitrogens with one attached hydrogen (secondary N) is 1. The fourth-order valence-corrected chi connectivity index (χ4v) is 4.33. The van der Waals surface area contributed by atoms with Gasteiger partial charge in [-0.3, -0.25) is 4.79 Å². The molecule has 0 saturated heterocycles. The molecule has 0 fully saturated rings. The number of rotatable bonds is 5. The molecule has 1 atom stereocenters. The van der Waals surface area contributed by atoms with Crippen molar-refractivity contribution < 1.29 is 14.3 Å². The molecule has 0 saturated carbocycles. The normalized spacial score (nSPS) is 14.9. The smallest absolute Gasteiger partial charge is 0.272 e. The van der Waals surface area contributed by atoms with E-state index in [1.807, 2.05) is 37.3 Å². The Kier molecular flexibility index (Phi) is 5.62. The van der Waals surface area contributed by atoms with Crippen LogP contribution in [0, 0.1) is 6.92 Å². The lowest BCUT2D eigenvalue weighted by Crippen LogP contribution is -2.25. The third-order valence-corrected chi connectivity index (χ3v) is 6.05. The molecule has 2 aromatic heterocycles. The first kappa shape index (κ1) is 21.8. The largest absolute Gasteiger partial charge is 0.497 e. The van der Waals surface area contributed by atoms with Gasteiger partial charge >= 0.3 is 0 Å². The Morgan fingerprint density at radius 2 is 1.91 bits per heavy atom. The van der Waals surface area contributed by atoms with E-state index in [-0.39, 0.29) is 24.2 Å². The maximum Gasteiger partial charge on any atom is 0.272 e. The molecule has 5 rings (SSSR count). The predicted molar refractivity (Wildman–Crippen MR) is 127 cm³/mol. The maximum absolute atomic E-state index is 12.8. The van der Waals surface area contributed by atoms with Gasteiger partial charge in [-0.15, -0.1) is 5.10 Å². The highest BCUT2D eigenvalue weighted by atomic mass is 35.5. The Morgan fingerprint density at radius 1 is 1.12 bits per heavy atom. The molecule has 0 bridgehead atoms. The lowest BCUT2D eigenvalue weighted by molar-refractivity contribution is -0.116. The van der Waals surface area contributed by atoms with Gasteiger partial charge in [0, 0.05) is 40.1 Å².